The molecule has 0 amide bonds. The van der Waals surface area contributed by atoms with Crippen LogP contribution in [0.25, 0.3) is 27.5 Å². The zero-order chi connectivity index (χ0) is 19.7. The fraction of sp³-hybridized carbons (Fsp3) is 0.250. The van der Waals surface area contributed by atoms with Crippen molar-refractivity contribution < 1.29 is 14.2 Å². The van der Waals surface area contributed by atoms with Gasteiger partial charge in [0.15, 0.2) is 11.5 Å². The molecule has 28 heavy (non-hydrogen) atoms. The Kier molecular flexibility index (Phi) is 4.70. The minimum Gasteiger partial charge on any atom is -0.493 e. The monoisotopic (exact) mass is 379 g/mol. The van der Waals surface area contributed by atoms with Crippen molar-refractivity contribution in [2.24, 2.45) is 0 Å². The second kappa shape index (κ2) is 7.32. The molecule has 3 aromatic heterocycles. The van der Waals surface area contributed by atoms with Crippen LogP contribution in [0.15, 0.2) is 36.9 Å². The van der Waals surface area contributed by atoms with Gasteiger partial charge in [0.1, 0.15) is 24.6 Å². The van der Waals surface area contributed by atoms with E-state index in [1.807, 2.05) is 35.9 Å². The Bertz CT molecular complexity index is 1160. The number of ether oxygens (including phenoxy) is 3. The number of pyridine rings is 2. The highest BCUT2D eigenvalue weighted by Crippen LogP contribution is 2.36. The van der Waals surface area contributed by atoms with Gasteiger partial charge >= 0.3 is 0 Å². The van der Waals surface area contributed by atoms with E-state index in [9.17, 15) is 0 Å². The standard InChI is InChI=1S/C20H21N5O3/c1-12-10-25(11-23-12)19-7-13-14-6-17(27-3)18(28-5-4-26-2)8-16(14)22-9-15(13)20(21)24-19/h6-11H,4-5H2,1-3H3,(H2,21,24). The van der Waals surface area contributed by atoms with Gasteiger partial charge in [0.2, 0.25) is 0 Å². The Hall–Kier alpha value is -3.39. The molecule has 4 aromatic rings. The topological polar surface area (TPSA) is 97.3 Å². The van der Waals surface area contributed by atoms with E-state index in [0.29, 0.717) is 36.3 Å². The van der Waals surface area contributed by atoms with Crippen molar-refractivity contribution in [3.8, 4) is 17.3 Å². The zero-order valence-corrected chi connectivity index (χ0v) is 16.0. The number of methoxy groups -OCH3 is 2. The van der Waals surface area contributed by atoms with Crippen LogP contribution in [0.1, 0.15) is 5.69 Å². The molecule has 0 aliphatic rings. The quantitative estimate of drug-likeness (QED) is 0.406. The molecule has 0 aliphatic heterocycles. The number of benzene rings is 1. The fourth-order valence-corrected chi connectivity index (χ4v) is 3.11. The Morgan fingerprint density at radius 2 is 1.86 bits per heavy atom. The summed E-state index contributed by atoms with van der Waals surface area (Å²) in [4.78, 5) is 13.3. The van der Waals surface area contributed by atoms with Gasteiger partial charge in [0, 0.05) is 41.7 Å². The van der Waals surface area contributed by atoms with Crippen LogP contribution in [0.2, 0.25) is 0 Å². The molecule has 4 rings (SSSR count). The lowest BCUT2D eigenvalue weighted by atomic mass is 10.1. The number of hydrogen-bond donors (Lipinski definition) is 1. The molecular weight excluding hydrogens is 358 g/mol. The van der Waals surface area contributed by atoms with Crippen molar-refractivity contribution in [2.45, 2.75) is 6.92 Å². The molecule has 0 fully saturated rings. The van der Waals surface area contributed by atoms with Gasteiger partial charge in [-0.15, -0.1) is 0 Å². The molecule has 0 saturated carbocycles. The summed E-state index contributed by atoms with van der Waals surface area (Å²) in [5.74, 6) is 2.34. The van der Waals surface area contributed by atoms with Gasteiger partial charge in [-0.2, -0.15) is 0 Å². The van der Waals surface area contributed by atoms with E-state index in [1.54, 1.807) is 26.7 Å². The van der Waals surface area contributed by atoms with Gasteiger partial charge in [0.05, 0.1) is 24.9 Å². The van der Waals surface area contributed by atoms with E-state index in [-0.39, 0.29) is 0 Å². The minimum absolute atomic E-state index is 0.410. The molecule has 0 unspecified atom stereocenters. The molecule has 0 bridgehead atoms. The number of nitrogen functional groups attached to an aromatic ring is 1. The first kappa shape index (κ1) is 18.0. The lowest BCUT2D eigenvalue weighted by Crippen LogP contribution is -2.05. The zero-order valence-electron chi connectivity index (χ0n) is 16.0. The molecule has 2 N–H and O–H groups in total. The summed E-state index contributed by atoms with van der Waals surface area (Å²) in [5.41, 5.74) is 7.90. The third-order valence-corrected chi connectivity index (χ3v) is 4.50. The molecule has 8 heteroatoms. The molecular formula is C20H21N5O3. The van der Waals surface area contributed by atoms with Crippen LogP contribution in [-0.2, 0) is 4.74 Å². The second-order valence-corrected chi connectivity index (χ2v) is 6.37. The summed E-state index contributed by atoms with van der Waals surface area (Å²) < 4.78 is 18.2. The lowest BCUT2D eigenvalue weighted by Gasteiger charge is -2.13. The molecule has 0 atom stereocenters. The molecule has 0 saturated heterocycles. The third kappa shape index (κ3) is 3.18. The van der Waals surface area contributed by atoms with Crippen LogP contribution in [0, 0.1) is 6.92 Å². The molecule has 8 nitrogen and oxygen atoms in total. The van der Waals surface area contributed by atoms with Gasteiger partial charge in [-0.3, -0.25) is 9.55 Å². The van der Waals surface area contributed by atoms with Gasteiger partial charge in [-0.05, 0) is 19.1 Å². The number of nitrogens with zero attached hydrogens (tertiary/aromatic N) is 4. The van der Waals surface area contributed by atoms with Gasteiger partial charge in [0.25, 0.3) is 0 Å². The molecule has 3 heterocycles. The van der Waals surface area contributed by atoms with Crippen molar-refractivity contribution in [1.82, 2.24) is 19.5 Å². The highest BCUT2D eigenvalue weighted by Gasteiger charge is 2.14. The smallest absolute Gasteiger partial charge is 0.163 e. The number of nitrogens with two attached hydrogens (primary N) is 1. The highest BCUT2D eigenvalue weighted by atomic mass is 16.5. The first-order valence-electron chi connectivity index (χ1n) is 8.80. The Morgan fingerprint density at radius 1 is 1.00 bits per heavy atom. The van der Waals surface area contributed by atoms with Crippen LogP contribution in [-0.4, -0.2) is 47.0 Å². The predicted molar refractivity (Wildman–Crippen MR) is 107 cm³/mol. The van der Waals surface area contributed by atoms with Crippen LogP contribution in [0.4, 0.5) is 5.82 Å². The number of aryl methyl sites for hydroxylation is 1. The summed E-state index contributed by atoms with van der Waals surface area (Å²) in [6.07, 6.45) is 5.35. The van der Waals surface area contributed by atoms with Crippen LogP contribution in [0.3, 0.4) is 0 Å². The Morgan fingerprint density at radius 3 is 2.57 bits per heavy atom. The Balaban J connectivity index is 1.90. The maximum absolute atomic E-state index is 6.22. The number of hydrogen-bond acceptors (Lipinski definition) is 7. The van der Waals surface area contributed by atoms with Crippen molar-refractivity contribution in [3.63, 3.8) is 0 Å². The average molecular weight is 379 g/mol. The number of fused-ring (bicyclic) bond motifs is 3. The number of rotatable bonds is 6. The van der Waals surface area contributed by atoms with E-state index in [1.165, 1.54) is 0 Å². The van der Waals surface area contributed by atoms with Crippen LogP contribution < -0.4 is 15.2 Å². The highest BCUT2D eigenvalue weighted by molar-refractivity contribution is 6.09. The molecule has 0 radical (unpaired) electrons. The fourth-order valence-electron chi connectivity index (χ4n) is 3.11. The normalized spacial score (nSPS) is 11.2. The van der Waals surface area contributed by atoms with E-state index >= 15 is 0 Å². The SMILES string of the molecule is COCCOc1cc2ncc3c(N)nc(-n4cnc(C)c4)cc3c2cc1OC. The van der Waals surface area contributed by atoms with E-state index in [4.69, 9.17) is 19.9 Å². The van der Waals surface area contributed by atoms with Gasteiger partial charge in [-0.1, -0.05) is 0 Å². The van der Waals surface area contributed by atoms with Crippen molar-refractivity contribution in [2.75, 3.05) is 33.2 Å². The third-order valence-electron chi connectivity index (χ3n) is 4.50. The summed E-state index contributed by atoms with van der Waals surface area (Å²) in [6, 6.07) is 5.75. The first-order chi connectivity index (χ1) is 13.6. The molecule has 0 aliphatic carbocycles. The summed E-state index contributed by atoms with van der Waals surface area (Å²) >= 11 is 0. The number of anilines is 1. The van der Waals surface area contributed by atoms with Gasteiger partial charge in [-0.25, -0.2) is 9.97 Å². The summed E-state index contributed by atoms with van der Waals surface area (Å²) in [5, 5.41) is 2.62. The van der Waals surface area contributed by atoms with Crippen molar-refractivity contribution in [3.05, 3.63) is 42.6 Å². The molecule has 0 spiro atoms. The van der Waals surface area contributed by atoms with E-state index in [0.717, 1.165) is 27.4 Å². The maximum Gasteiger partial charge on any atom is 0.163 e. The lowest BCUT2D eigenvalue weighted by molar-refractivity contribution is 0.144. The largest absolute Gasteiger partial charge is 0.493 e. The molecule has 144 valence electrons. The van der Waals surface area contributed by atoms with E-state index in [2.05, 4.69) is 15.0 Å². The first-order valence-corrected chi connectivity index (χ1v) is 8.80. The van der Waals surface area contributed by atoms with Crippen molar-refractivity contribution >= 4 is 27.5 Å². The van der Waals surface area contributed by atoms with Gasteiger partial charge < -0.3 is 19.9 Å². The van der Waals surface area contributed by atoms with Crippen LogP contribution >= 0.6 is 0 Å². The Labute approximate surface area is 161 Å². The predicted octanol–water partition coefficient (Wildman–Crippen LogP) is 2.89. The number of aromatic nitrogens is 4. The average Bonchev–Trinajstić information content (AvgIpc) is 3.13. The summed E-state index contributed by atoms with van der Waals surface area (Å²) in [7, 11) is 3.24. The maximum atomic E-state index is 6.22. The second-order valence-electron chi connectivity index (χ2n) is 6.37. The van der Waals surface area contributed by atoms with Crippen molar-refractivity contribution in [1.29, 1.82) is 0 Å². The van der Waals surface area contributed by atoms with Crippen LogP contribution in [0.5, 0.6) is 11.5 Å². The minimum atomic E-state index is 0.410. The number of imidazole rings is 1. The molecule has 1 aromatic carbocycles. The summed E-state index contributed by atoms with van der Waals surface area (Å²) in [6.45, 7) is 2.84. The van der Waals surface area contributed by atoms with E-state index < -0.39 is 0 Å².